The molecule has 1 aliphatic rings. The summed E-state index contributed by atoms with van der Waals surface area (Å²) in [5.41, 5.74) is 7.56. The molecule has 1 aliphatic heterocycles. The average Bonchev–Trinajstić information content (AvgIpc) is 2.33. The number of rotatable bonds is 3. The Bertz CT molecular complexity index is 349. The Morgan fingerprint density at radius 2 is 2.06 bits per heavy atom. The number of nitrogens with zero attached hydrogens (tertiary/aromatic N) is 1. The van der Waals surface area contributed by atoms with Gasteiger partial charge in [0.2, 0.25) is 0 Å². The van der Waals surface area contributed by atoms with Crippen molar-refractivity contribution in [1.82, 2.24) is 4.90 Å². The monoisotopic (exact) mass is 222 g/mol. The molecule has 4 nitrogen and oxygen atoms in total. The van der Waals surface area contributed by atoms with Crippen LogP contribution in [0.4, 0.5) is 0 Å². The molecule has 0 unspecified atom stereocenters. The molecule has 0 saturated carbocycles. The zero-order chi connectivity index (χ0) is 11.4. The van der Waals surface area contributed by atoms with E-state index in [-0.39, 0.29) is 5.75 Å². The van der Waals surface area contributed by atoms with Crippen molar-refractivity contribution >= 4 is 0 Å². The summed E-state index contributed by atoms with van der Waals surface area (Å²) in [6.07, 6.45) is 0. The highest BCUT2D eigenvalue weighted by Gasteiger charge is 2.11. The van der Waals surface area contributed by atoms with E-state index in [1.165, 1.54) is 5.56 Å². The van der Waals surface area contributed by atoms with Gasteiger partial charge in [-0.3, -0.25) is 4.90 Å². The maximum atomic E-state index is 9.53. The molecule has 2 rings (SSSR count). The largest absolute Gasteiger partial charge is 0.508 e. The van der Waals surface area contributed by atoms with Gasteiger partial charge >= 0.3 is 0 Å². The Balaban J connectivity index is 2.03. The highest BCUT2D eigenvalue weighted by Crippen LogP contribution is 2.19. The Kier molecular flexibility index (Phi) is 3.77. The van der Waals surface area contributed by atoms with E-state index in [2.05, 4.69) is 4.90 Å². The van der Waals surface area contributed by atoms with E-state index in [0.717, 1.165) is 38.4 Å². The van der Waals surface area contributed by atoms with E-state index in [1.807, 2.05) is 12.1 Å². The summed E-state index contributed by atoms with van der Waals surface area (Å²) in [4.78, 5) is 2.34. The number of phenols is 1. The van der Waals surface area contributed by atoms with Gasteiger partial charge in [-0.1, -0.05) is 6.07 Å². The van der Waals surface area contributed by atoms with E-state index in [9.17, 15) is 5.11 Å². The SMILES string of the molecule is NCc1cc(CN2CCOCC2)ccc1O. The molecule has 0 atom stereocenters. The van der Waals surface area contributed by atoms with Crippen LogP contribution < -0.4 is 5.73 Å². The minimum atomic E-state index is 0.285. The molecule has 0 amide bonds. The van der Waals surface area contributed by atoms with Crippen LogP contribution in [0.2, 0.25) is 0 Å². The van der Waals surface area contributed by atoms with Gasteiger partial charge in [-0.25, -0.2) is 0 Å². The standard InChI is InChI=1S/C12H18N2O2/c13-8-11-7-10(1-2-12(11)15)9-14-3-5-16-6-4-14/h1-2,7,15H,3-6,8-9,13H2. The summed E-state index contributed by atoms with van der Waals surface area (Å²) in [5, 5.41) is 9.53. The molecule has 1 fully saturated rings. The minimum absolute atomic E-state index is 0.285. The first kappa shape index (κ1) is 11.4. The maximum absolute atomic E-state index is 9.53. The molecule has 16 heavy (non-hydrogen) atoms. The molecule has 88 valence electrons. The van der Waals surface area contributed by atoms with Gasteiger partial charge in [-0.05, 0) is 17.7 Å². The fraction of sp³-hybridized carbons (Fsp3) is 0.500. The van der Waals surface area contributed by atoms with Crippen molar-refractivity contribution in [2.75, 3.05) is 26.3 Å². The van der Waals surface area contributed by atoms with E-state index in [1.54, 1.807) is 6.07 Å². The minimum Gasteiger partial charge on any atom is -0.508 e. The van der Waals surface area contributed by atoms with Gasteiger partial charge < -0.3 is 15.6 Å². The van der Waals surface area contributed by atoms with Crippen molar-refractivity contribution in [1.29, 1.82) is 0 Å². The van der Waals surface area contributed by atoms with Gasteiger partial charge in [0, 0.05) is 31.7 Å². The molecular weight excluding hydrogens is 204 g/mol. The Morgan fingerprint density at radius 3 is 2.75 bits per heavy atom. The molecule has 1 saturated heterocycles. The predicted molar refractivity (Wildman–Crippen MR) is 62.1 cm³/mol. The number of morpholine rings is 1. The molecule has 0 aliphatic carbocycles. The smallest absolute Gasteiger partial charge is 0.120 e. The lowest BCUT2D eigenvalue weighted by Crippen LogP contribution is -2.35. The van der Waals surface area contributed by atoms with Crippen molar-refractivity contribution in [3.8, 4) is 5.75 Å². The number of hydrogen-bond donors (Lipinski definition) is 2. The van der Waals surface area contributed by atoms with Crippen LogP contribution in [-0.4, -0.2) is 36.3 Å². The lowest BCUT2D eigenvalue weighted by Gasteiger charge is -2.26. The first-order chi connectivity index (χ1) is 7.79. The molecule has 0 radical (unpaired) electrons. The first-order valence-electron chi connectivity index (χ1n) is 5.60. The normalized spacial score (nSPS) is 17.6. The number of ether oxygens (including phenoxy) is 1. The molecule has 1 aromatic rings. The highest BCUT2D eigenvalue weighted by molar-refractivity contribution is 5.35. The van der Waals surface area contributed by atoms with Crippen LogP contribution in [0.15, 0.2) is 18.2 Å². The molecule has 1 heterocycles. The Hall–Kier alpha value is -1.10. The topological polar surface area (TPSA) is 58.7 Å². The Labute approximate surface area is 95.6 Å². The number of benzene rings is 1. The van der Waals surface area contributed by atoms with Crippen molar-refractivity contribution in [2.45, 2.75) is 13.1 Å². The summed E-state index contributed by atoms with van der Waals surface area (Å²) < 4.78 is 5.30. The summed E-state index contributed by atoms with van der Waals surface area (Å²) in [5.74, 6) is 0.285. The van der Waals surface area contributed by atoms with Crippen LogP contribution in [0.25, 0.3) is 0 Å². The second kappa shape index (κ2) is 5.30. The Morgan fingerprint density at radius 1 is 1.31 bits per heavy atom. The molecule has 1 aromatic carbocycles. The highest BCUT2D eigenvalue weighted by atomic mass is 16.5. The van der Waals surface area contributed by atoms with Crippen LogP contribution in [0.1, 0.15) is 11.1 Å². The molecule has 0 bridgehead atoms. The van der Waals surface area contributed by atoms with E-state index in [4.69, 9.17) is 10.5 Å². The fourth-order valence-electron chi connectivity index (χ4n) is 1.92. The lowest BCUT2D eigenvalue weighted by molar-refractivity contribution is 0.0342. The second-order valence-corrected chi connectivity index (χ2v) is 4.06. The number of aromatic hydroxyl groups is 1. The number of nitrogens with two attached hydrogens (primary N) is 1. The molecule has 4 heteroatoms. The van der Waals surface area contributed by atoms with E-state index < -0.39 is 0 Å². The van der Waals surface area contributed by atoms with Crippen molar-refractivity contribution in [3.63, 3.8) is 0 Å². The molecular formula is C12H18N2O2. The van der Waals surface area contributed by atoms with Gasteiger partial charge in [-0.2, -0.15) is 0 Å². The quantitative estimate of drug-likeness (QED) is 0.789. The van der Waals surface area contributed by atoms with Crippen LogP contribution in [0.3, 0.4) is 0 Å². The number of hydrogen-bond acceptors (Lipinski definition) is 4. The third kappa shape index (κ3) is 2.72. The summed E-state index contributed by atoms with van der Waals surface area (Å²) in [6.45, 7) is 4.83. The third-order valence-electron chi connectivity index (χ3n) is 2.87. The van der Waals surface area contributed by atoms with Crippen molar-refractivity contribution < 1.29 is 9.84 Å². The predicted octanol–water partition coefficient (Wildman–Crippen LogP) is 0.683. The zero-order valence-corrected chi connectivity index (χ0v) is 9.35. The van der Waals surface area contributed by atoms with E-state index >= 15 is 0 Å². The van der Waals surface area contributed by atoms with Gasteiger partial charge in [0.25, 0.3) is 0 Å². The lowest BCUT2D eigenvalue weighted by atomic mass is 10.1. The van der Waals surface area contributed by atoms with Crippen molar-refractivity contribution in [2.24, 2.45) is 5.73 Å². The van der Waals surface area contributed by atoms with Crippen LogP contribution in [-0.2, 0) is 17.8 Å². The van der Waals surface area contributed by atoms with Crippen LogP contribution in [0, 0.1) is 0 Å². The van der Waals surface area contributed by atoms with E-state index in [0.29, 0.717) is 6.54 Å². The average molecular weight is 222 g/mol. The zero-order valence-electron chi connectivity index (χ0n) is 9.35. The first-order valence-corrected chi connectivity index (χ1v) is 5.60. The molecule has 0 aromatic heterocycles. The molecule has 0 spiro atoms. The maximum Gasteiger partial charge on any atom is 0.120 e. The fourth-order valence-corrected chi connectivity index (χ4v) is 1.92. The second-order valence-electron chi connectivity index (χ2n) is 4.06. The van der Waals surface area contributed by atoms with Gasteiger partial charge in [-0.15, -0.1) is 0 Å². The summed E-state index contributed by atoms with van der Waals surface area (Å²) in [7, 11) is 0. The summed E-state index contributed by atoms with van der Waals surface area (Å²) in [6, 6.07) is 5.65. The van der Waals surface area contributed by atoms with Gasteiger partial charge in [0.15, 0.2) is 0 Å². The number of phenolic OH excluding ortho intramolecular Hbond substituents is 1. The van der Waals surface area contributed by atoms with Crippen molar-refractivity contribution in [3.05, 3.63) is 29.3 Å². The molecule has 3 N–H and O–H groups in total. The van der Waals surface area contributed by atoms with Crippen LogP contribution in [0.5, 0.6) is 5.75 Å². The summed E-state index contributed by atoms with van der Waals surface area (Å²) >= 11 is 0. The third-order valence-corrected chi connectivity index (χ3v) is 2.87. The van der Waals surface area contributed by atoms with Crippen LogP contribution >= 0.6 is 0 Å². The van der Waals surface area contributed by atoms with Gasteiger partial charge in [0.05, 0.1) is 13.2 Å². The van der Waals surface area contributed by atoms with Gasteiger partial charge in [0.1, 0.15) is 5.75 Å².